The molecule has 2 aromatic carbocycles. The second kappa shape index (κ2) is 8.72. The summed E-state index contributed by atoms with van der Waals surface area (Å²) in [5, 5.41) is 4.18. The zero-order valence-corrected chi connectivity index (χ0v) is 15.7. The zero-order chi connectivity index (χ0) is 18.4. The summed E-state index contributed by atoms with van der Waals surface area (Å²) in [6, 6.07) is 10.9. The lowest BCUT2D eigenvalue weighted by Crippen LogP contribution is -2.14. The smallest absolute Gasteiger partial charge is 0.391 e. The first-order valence-corrected chi connectivity index (χ1v) is 8.78. The topological polar surface area (TPSA) is 21.6 Å². The van der Waals surface area contributed by atoms with Gasteiger partial charge in [0.05, 0.1) is 11.3 Å². The molecule has 0 aliphatic heterocycles. The van der Waals surface area contributed by atoms with Crippen LogP contribution in [-0.2, 0) is 17.6 Å². The largest absolute Gasteiger partial charge is 0.417 e. The Kier molecular flexibility index (Phi) is 6.90. The van der Waals surface area contributed by atoms with Crippen molar-refractivity contribution in [3.05, 3.63) is 68.7 Å². The molecular formula is C18H16BrClF3NO. The van der Waals surface area contributed by atoms with Gasteiger partial charge in [-0.3, -0.25) is 0 Å². The summed E-state index contributed by atoms with van der Waals surface area (Å²) < 4.78 is 40.7. The lowest BCUT2D eigenvalue weighted by Gasteiger charge is -2.14. The standard InChI is InChI=1S/C18H16BrClF3NO/c1-2-3-17(24-25-11-12-4-6-13(19)7-5-12)15-10-14(20)8-9-16(15)18(21,22)23/h4-10H,2-3,11H2,1H3/b24-17+. The maximum Gasteiger partial charge on any atom is 0.417 e. The number of rotatable bonds is 6. The van der Waals surface area contributed by atoms with Crippen molar-refractivity contribution in [1.82, 2.24) is 0 Å². The van der Waals surface area contributed by atoms with E-state index in [1.807, 2.05) is 31.2 Å². The molecule has 134 valence electrons. The van der Waals surface area contributed by atoms with E-state index in [0.29, 0.717) is 12.8 Å². The lowest BCUT2D eigenvalue weighted by atomic mass is 9.99. The molecule has 0 aliphatic rings. The highest BCUT2D eigenvalue weighted by molar-refractivity contribution is 9.10. The van der Waals surface area contributed by atoms with Crippen LogP contribution in [0.4, 0.5) is 13.2 Å². The van der Waals surface area contributed by atoms with Crippen LogP contribution in [0.25, 0.3) is 0 Å². The van der Waals surface area contributed by atoms with E-state index < -0.39 is 11.7 Å². The van der Waals surface area contributed by atoms with Crippen LogP contribution in [-0.4, -0.2) is 5.71 Å². The van der Waals surface area contributed by atoms with E-state index >= 15 is 0 Å². The fourth-order valence-electron chi connectivity index (χ4n) is 2.23. The fraction of sp³-hybridized carbons (Fsp3) is 0.278. The van der Waals surface area contributed by atoms with E-state index in [-0.39, 0.29) is 22.9 Å². The molecule has 25 heavy (non-hydrogen) atoms. The van der Waals surface area contributed by atoms with Gasteiger partial charge in [-0.05, 0) is 42.3 Å². The molecule has 0 saturated heterocycles. The van der Waals surface area contributed by atoms with Crippen molar-refractivity contribution < 1.29 is 18.0 Å². The van der Waals surface area contributed by atoms with Crippen molar-refractivity contribution >= 4 is 33.2 Å². The Bertz CT molecular complexity index is 745. The van der Waals surface area contributed by atoms with Crippen molar-refractivity contribution in [3.8, 4) is 0 Å². The van der Waals surface area contributed by atoms with Gasteiger partial charge in [0.1, 0.15) is 6.61 Å². The summed E-state index contributed by atoms with van der Waals surface area (Å²) in [6.45, 7) is 2.03. The maximum atomic E-state index is 13.3. The van der Waals surface area contributed by atoms with Gasteiger partial charge in [0.15, 0.2) is 0 Å². The highest BCUT2D eigenvalue weighted by atomic mass is 79.9. The summed E-state index contributed by atoms with van der Waals surface area (Å²) >= 11 is 9.22. The quantitative estimate of drug-likeness (QED) is 0.360. The van der Waals surface area contributed by atoms with Crippen LogP contribution in [0, 0.1) is 0 Å². The van der Waals surface area contributed by atoms with Gasteiger partial charge in [-0.15, -0.1) is 0 Å². The Balaban J connectivity index is 2.27. The molecule has 0 N–H and O–H groups in total. The Labute approximate surface area is 157 Å². The summed E-state index contributed by atoms with van der Waals surface area (Å²) in [6.07, 6.45) is -3.51. The van der Waals surface area contributed by atoms with E-state index in [0.717, 1.165) is 16.1 Å². The van der Waals surface area contributed by atoms with Gasteiger partial charge in [-0.25, -0.2) is 0 Å². The summed E-state index contributed by atoms with van der Waals surface area (Å²) in [7, 11) is 0. The molecule has 0 heterocycles. The molecule has 0 bridgehead atoms. The lowest BCUT2D eigenvalue weighted by molar-refractivity contribution is -0.137. The van der Waals surface area contributed by atoms with Gasteiger partial charge in [0, 0.05) is 15.1 Å². The molecule has 2 aromatic rings. The van der Waals surface area contributed by atoms with E-state index in [4.69, 9.17) is 16.4 Å². The third-order valence-electron chi connectivity index (χ3n) is 3.40. The Morgan fingerprint density at radius 1 is 1.16 bits per heavy atom. The number of halogens is 5. The summed E-state index contributed by atoms with van der Waals surface area (Å²) in [5.74, 6) is 0. The number of nitrogens with zero attached hydrogens (tertiary/aromatic N) is 1. The average molecular weight is 435 g/mol. The molecule has 0 atom stereocenters. The van der Waals surface area contributed by atoms with Crippen LogP contribution in [0.15, 0.2) is 52.1 Å². The normalized spacial score (nSPS) is 12.3. The van der Waals surface area contributed by atoms with Gasteiger partial charge >= 0.3 is 6.18 Å². The van der Waals surface area contributed by atoms with Crippen molar-refractivity contribution in [1.29, 1.82) is 0 Å². The van der Waals surface area contributed by atoms with Gasteiger partial charge in [0.25, 0.3) is 0 Å². The molecular weight excluding hydrogens is 419 g/mol. The molecule has 0 aliphatic carbocycles. The molecule has 2 nitrogen and oxygen atoms in total. The van der Waals surface area contributed by atoms with Crippen molar-refractivity contribution in [3.63, 3.8) is 0 Å². The summed E-state index contributed by atoms with van der Waals surface area (Å²) in [4.78, 5) is 5.30. The molecule has 0 unspecified atom stereocenters. The molecule has 0 radical (unpaired) electrons. The van der Waals surface area contributed by atoms with Gasteiger partial charge in [0.2, 0.25) is 0 Å². The van der Waals surface area contributed by atoms with Gasteiger partial charge < -0.3 is 4.84 Å². The predicted octanol–water partition coefficient (Wildman–Crippen LogP) is 6.84. The SMILES string of the molecule is CCC/C(=N\OCc1ccc(Br)cc1)c1cc(Cl)ccc1C(F)(F)F. The molecule has 0 aromatic heterocycles. The third-order valence-corrected chi connectivity index (χ3v) is 4.17. The number of hydrogen-bond acceptors (Lipinski definition) is 2. The van der Waals surface area contributed by atoms with Gasteiger partial charge in [-0.1, -0.05) is 58.2 Å². The number of oxime groups is 1. The number of hydrogen-bond donors (Lipinski definition) is 0. The van der Waals surface area contributed by atoms with Crippen LogP contribution in [0.3, 0.4) is 0 Å². The van der Waals surface area contributed by atoms with Crippen LogP contribution in [0.2, 0.25) is 5.02 Å². The number of alkyl halides is 3. The minimum absolute atomic E-state index is 0.0438. The van der Waals surface area contributed by atoms with E-state index in [2.05, 4.69) is 21.1 Å². The Morgan fingerprint density at radius 2 is 1.84 bits per heavy atom. The minimum atomic E-state index is -4.49. The van der Waals surface area contributed by atoms with Crippen molar-refractivity contribution in [2.24, 2.45) is 5.16 Å². The Morgan fingerprint density at radius 3 is 2.44 bits per heavy atom. The van der Waals surface area contributed by atoms with E-state index in [1.165, 1.54) is 12.1 Å². The highest BCUT2D eigenvalue weighted by Crippen LogP contribution is 2.34. The molecule has 0 fully saturated rings. The van der Waals surface area contributed by atoms with Crippen LogP contribution in [0.1, 0.15) is 36.5 Å². The van der Waals surface area contributed by atoms with Crippen LogP contribution < -0.4 is 0 Å². The minimum Gasteiger partial charge on any atom is -0.391 e. The average Bonchev–Trinajstić information content (AvgIpc) is 2.54. The monoisotopic (exact) mass is 433 g/mol. The second-order valence-corrected chi connectivity index (χ2v) is 6.73. The summed E-state index contributed by atoms with van der Waals surface area (Å²) in [5.41, 5.74) is 0.286. The van der Waals surface area contributed by atoms with Crippen molar-refractivity contribution in [2.75, 3.05) is 0 Å². The van der Waals surface area contributed by atoms with E-state index in [9.17, 15) is 13.2 Å². The first kappa shape index (κ1) is 19.8. The van der Waals surface area contributed by atoms with Crippen molar-refractivity contribution in [2.45, 2.75) is 32.5 Å². The van der Waals surface area contributed by atoms with E-state index in [1.54, 1.807) is 0 Å². The Hall–Kier alpha value is -1.53. The molecule has 0 saturated carbocycles. The highest BCUT2D eigenvalue weighted by Gasteiger charge is 2.34. The number of benzene rings is 2. The van der Waals surface area contributed by atoms with Crippen LogP contribution >= 0.6 is 27.5 Å². The molecule has 2 rings (SSSR count). The first-order chi connectivity index (χ1) is 11.8. The molecule has 7 heteroatoms. The first-order valence-electron chi connectivity index (χ1n) is 7.61. The fourth-order valence-corrected chi connectivity index (χ4v) is 2.67. The van der Waals surface area contributed by atoms with Crippen LogP contribution in [0.5, 0.6) is 0 Å². The molecule has 0 spiro atoms. The molecule has 0 amide bonds. The second-order valence-electron chi connectivity index (χ2n) is 5.38. The predicted molar refractivity (Wildman–Crippen MR) is 96.8 cm³/mol. The van der Waals surface area contributed by atoms with Gasteiger partial charge in [-0.2, -0.15) is 13.2 Å². The maximum absolute atomic E-state index is 13.3. The third kappa shape index (κ3) is 5.75. The zero-order valence-electron chi connectivity index (χ0n) is 13.4.